The Labute approximate surface area is 81.3 Å². The van der Waals surface area contributed by atoms with Crippen LogP contribution in [0.5, 0.6) is 0 Å². The first-order valence-electron chi connectivity index (χ1n) is 3.86. The number of non-ortho nitro benzene ring substituents is 1. The van der Waals surface area contributed by atoms with Crippen LogP contribution in [0.4, 0.5) is 5.69 Å². The van der Waals surface area contributed by atoms with E-state index in [0.717, 1.165) is 16.0 Å². The number of thioether (sulfide) groups is 1. The van der Waals surface area contributed by atoms with Gasteiger partial charge in [0.05, 0.1) is 4.92 Å². The van der Waals surface area contributed by atoms with Gasteiger partial charge in [0, 0.05) is 17.0 Å². The first-order valence-corrected chi connectivity index (χ1v) is 5.08. The Bertz CT molecular complexity index is 350. The molecule has 13 heavy (non-hydrogen) atoms. The minimum Gasteiger partial charge on any atom is -0.258 e. The molecule has 0 unspecified atom stereocenters. The molecule has 0 aromatic heterocycles. The van der Waals surface area contributed by atoms with Gasteiger partial charge in [-0.25, -0.2) is 0 Å². The fourth-order valence-electron chi connectivity index (χ4n) is 1.13. The minimum atomic E-state index is -0.355. The van der Waals surface area contributed by atoms with Crippen LogP contribution in [-0.4, -0.2) is 11.2 Å². The summed E-state index contributed by atoms with van der Waals surface area (Å²) >= 11 is 1.54. The van der Waals surface area contributed by atoms with Crippen molar-refractivity contribution in [3.63, 3.8) is 0 Å². The molecule has 1 aromatic rings. The summed E-state index contributed by atoms with van der Waals surface area (Å²) in [5.74, 6) is 0. The molecule has 1 aromatic carbocycles. The number of hydrogen-bond acceptors (Lipinski definition) is 3. The van der Waals surface area contributed by atoms with Gasteiger partial charge in [-0.3, -0.25) is 10.1 Å². The average Bonchev–Trinajstić information content (AvgIpc) is 2.09. The quantitative estimate of drug-likeness (QED) is 0.416. The molecule has 0 aliphatic heterocycles. The Kier molecular flexibility index (Phi) is 2.93. The molecule has 0 saturated heterocycles. The number of aryl methyl sites for hydroxylation is 1. The van der Waals surface area contributed by atoms with Crippen molar-refractivity contribution in [2.24, 2.45) is 0 Å². The van der Waals surface area contributed by atoms with Crippen molar-refractivity contribution < 1.29 is 4.92 Å². The van der Waals surface area contributed by atoms with E-state index in [9.17, 15) is 10.1 Å². The van der Waals surface area contributed by atoms with Crippen LogP contribution < -0.4 is 0 Å². The Hall–Kier alpha value is -1.03. The third-order valence-corrected chi connectivity index (χ3v) is 2.90. The fourth-order valence-corrected chi connectivity index (χ4v) is 1.83. The van der Waals surface area contributed by atoms with Crippen LogP contribution >= 0.6 is 11.8 Å². The maximum atomic E-state index is 10.5. The van der Waals surface area contributed by atoms with Crippen LogP contribution in [0, 0.1) is 24.0 Å². The molecule has 0 amide bonds. The first-order chi connectivity index (χ1) is 6.06. The first kappa shape index (κ1) is 10.1. The third kappa shape index (κ3) is 2.01. The molecule has 0 fully saturated rings. The molecule has 0 atom stereocenters. The SMILES string of the molecule is CSc1cc([N+](=O)[O-])cc(C)c1C. The second-order valence-electron chi connectivity index (χ2n) is 2.85. The van der Waals surface area contributed by atoms with Gasteiger partial charge < -0.3 is 0 Å². The topological polar surface area (TPSA) is 43.1 Å². The van der Waals surface area contributed by atoms with E-state index in [-0.39, 0.29) is 10.6 Å². The molecule has 0 aliphatic carbocycles. The Balaban J connectivity index is 3.30. The van der Waals surface area contributed by atoms with E-state index in [0.29, 0.717) is 0 Å². The van der Waals surface area contributed by atoms with E-state index in [4.69, 9.17) is 0 Å². The molecule has 0 aliphatic rings. The van der Waals surface area contributed by atoms with E-state index in [1.165, 1.54) is 11.8 Å². The number of nitro benzene ring substituents is 1. The third-order valence-electron chi connectivity index (χ3n) is 2.04. The van der Waals surface area contributed by atoms with Gasteiger partial charge >= 0.3 is 0 Å². The van der Waals surface area contributed by atoms with E-state index in [1.54, 1.807) is 12.1 Å². The maximum absolute atomic E-state index is 10.5. The van der Waals surface area contributed by atoms with E-state index >= 15 is 0 Å². The summed E-state index contributed by atoms with van der Waals surface area (Å²) in [7, 11) is 0. The largest absolute Gasteiger partial charge is 0.270 e. The summed E-state index contributed by atoms with van der Waals surface area (Å²) in [6.07, 6.45) is 1.92. The second kappa shape index (κ2) is 3.79. The highest BCUT2D eigenvalue weighted by molar-refractivity contribution is 7.98. The van der Waals surface area contributed by atoms with Crippen LogP contribution in [0.3, 0.4) is 0 Å². The van der Waals surface area contributed by atoms with Crippen molar-refractivity contribution in [3.8, 4) is 0 Å². The molecule has 0 N–H and O–H groups in total. The number of rotatable bonds is 2. The zero-order valence-electron chi connectivity index (χ0n) is 7.83. The van der Waals surface area contributed by atoms with Crippen LogP contribution in [0.15, 0.2) is 17.0 Å². The Morgan fingerprint density at radius 2 is 2.00 bits per heavy atom. The number of nitrogens with zero attached hydrogens (tertiary/aromatic N) is 1. The van der Waals surface area contributed by atoms with Crippen molar-refractivity contribution in [1.29, 1.82) is 0 Å². The summed E-state index contributed by atoms with van der Waals surface area (Å²) in [5, 5.41) is 10.5. The summed E-state index contributed by atoms with van der Waals surface area (Å²) in [4.78, 5) is 11.2. The van der Waals surface area contributed by atoms with Gasteiger partial charge in [-0.2, -0.15) is 0 Å². The van der Waals surface area contributed by atoms with Crippen molar-refractivity contribution in [1.82, 2.24) is 0 Å². The molecule has 1 rings (SSSR count). The number of hydrogen-bond donors (Lipinski definition) is 0. The zero-order valence-corrected chi connectivity index (χ0v) is 8.64. The van der Waals surface area contributed by atoms with Gasteiger partial charge in [0.2, 0.25) is 0 Å². The molecule has 3 nitrogen and oxygen atoms in total. The predicted molar refractivity (Wildman–Crippen MR) is 54.4 cm³/mol. The maximum Gasteiger partial charge on any atom is 0.270 e. The number of benzene rings is 1. The van der Waals surface area contributed by atoms with Gasteiger partial charge in [0.15, 0.2) is 0 Å². The summed E-state index contributed by atoms with van der Waals surface area (Å²) < 4.78 is 0. The van der Waals surface area contributed by atoms with Gasteiger partial charge in [0.1, 0.15) is 0 Å². The van der Waals surface area contributed by atoms with Gasteiger partial charge in [-0.15, -0.1) is 11.8 Å². The molecule has 0 heterocycles. The lowest BCUT2D eigenvalue weighted by Crippen LogP contribution is -1.92. The second-order valence-corrected chi connectivity index (χ2v) is 3.70. The molecular weight excluding hydrogens is 186 g/mol. The number of nitro groups is 1. The highest BCUT2D eigenvalue weighted by Crippen LogP contribution is 2.27. The Morgan fingerprint density at radius 1 is 1.38 bits per heavy atom. The zero-order chi connectivity index (χ0) is 10.0. The monoisotopic (exact) mass is 197 g/mol. The van der Waals surface area contributed by atoms with Crippen molar-refractivity contribution >= 4 is 17.4 Å². The lowest BCUT2D eigenvalue weighted by Gasteiger charge is -2.05. The van der Waals surface area contributed by atoms with Gasteiger partial charge in [-0.1, -0.05) is 0 Å². The molecule has 0 radical (unpaired) electrons. The van der Waals surface area contributed by atoms with Gasteiger partial charge in [-0.05, 0) is 31.2 Å². The molecule has 4 heteroatoms. The lowest BCUT2D eigenvalue weighted by atomic mass is 10.1. The standard InChI is InChI=1S/C9H11NO2S/c1-6-4-8(10(11)12)5-9(13-3)7(6)2/h4-5H,1-3H3. The van der Waals surface area contributed by atoms with E-state index < -0.39 is 0 Å². The van der Waals surface area contributed by atoms with Crippen molar-refractivity contribution in [2.45, 2.75) is 18.7 Å². The molecular formula is C9H11NO2S. The normalized spacial score (nSPS) is 10.1. The molecule has 0 bridgehead atoms. The van der Waals surface area contributed by atoms with E-state index in [1.807, 2.05) is 20.1 Å². The van der Waals surface area contributed by atoms with Crippen molar-refractivity contribution in [2.75, 3.05) is 6.26 Å². The van der Waals surface area contributed by atoms with E-state index in [2.05, 4.69) is 0 Å². The highest BCUT2D eigenvalue weighted by atomic mass is 32.2. The highest BCUT2D eigenvalue weighted by Gasteiger charge is 2.10. The average molecular weight is 197 g/mol. The van der Waals surface area contributed by atoms with Crippen LogP contribution in [0.25, 0.3) is 0 Å². The summed E-state index contributed by atoms with van der Waals surface area (Å²) in [6, 6.07) is 3.22. The lowest BCUT2D eigenvalue weighted by molar-refractivity contribution is -0.385. The summed E-state index contributed by atoms with van der Waals surface area (Å²) in [6.45, 7) is 3.87. The van der Waals surface area contributed by atoms with Crippen LogP contribution in [0.2, 0.25) is 0 Å². The predicted octanol–water partition coefficient (Wildman–Crippen LogP) is 2.93. The Morgan fingerprint density at radius 3 is 2.46 bits per heavy atom. The molecule has 0 spiro atoms. The fraction of sp³-hybridized carbons (Fsp3) is 0.333. The molecule has 70 valence electrons. The van der Waals surface area contributed by atoms with Crippen LogP contribution in [0.1, 0.15) is 11.1 Å². The van der Waals surface area contributed by atoms with Crippen LogP contribution in [-0.2, 0) is 0 Å². The molecule has 0 saturated carbocycles. The minimum absolute atomic E-state index is 0.174. The summed E-state index contributed by atoms with van der Waals surface area (Å²) in [5.41, 5.74) is 2.27. The van der Waals surface area contributed by atoms with Crippen molar-refractivity contribution in [3.05, 3.63) is 33.4 Å². The van der Waals surface area contributed by atoms with Gasteiger partial charge in [0.25, 0.3) is 5.69 Å². The smallest absolute Gasteiger partial charge is 0.258 e.